The standard InChI is InChI=1S/C18H18BrClN2O2/c1-22(2)18(24)21-16(13-4-3-5-14(19)10-13)11-17(23)12-6-8-15(20)9-7-12/h3-10,16H,11H2,1-2H3,(H,21,24). The Bertz CT molecular complexity index is 732. The van der Waals surface area contributed by atoms with E-state index in [-0.39, 0.29) is 18.2 Å². The average molecular weight is 410 g/mol. The summed E-state index contributed by atoms with van der Waals surface area (Å²) in [5, 5.41) is 3.47. The fraction of sp³-hybridized carbons (Fsp3) is 0.222. The van der Waals surface area contributed by atoms with Crippen LogP contribution in [0.1, 0.15) is 28.4 Å². The molecule has 0 bridgehead atoms. The fourth-order valence-corrected chi connectivity index (χ4v) is 2.74. The molecule has 0 aliphatic rings. The van der Waals surface area contributed by atoms with E-state index in [1.807, 2.05) is 24.3 Å². The van der Waals surface area contributed by atoms with Crippen LogP contribution in [0.25, 0.3) is 0 Å². The van der Waals surface area contributed by atoms with Crippen LogP contribution in [0.5, 0.6) is 0 Å². The number of nitrogens with zero attached hydrogens (tertiary/aromatic N) is 1. The predicted molar refractivity (Wildman–Crippen MR) is 99.5 cm³/mol. The van der Waals surface area contributed by atoms with Crippen LogP contribution >= 0.6 is 27.5 Å². The van der Waals surface area contributed by atoms with Gasteiger partial charge < -0.3 is 10.2 Å². The van der Waals surface area contributed by atoms with Crippen LogP contribution in [0, 0.1) is 0 Å². The quantitative estimate of drug-likeness (QED) is 0.728. The van der Waals surface area contributed by atoms with Gasteiger partial charge in [-0.1, -0.05) is 39.7 Å². The van der Waals surface area contributed by atoms with Gasteiger partial charge in [0, 0.05) is 35.6 Å². The molecule has 2 amide bonds. The minimum atomic E-state index is -0.416. The number of ketones is 1. The van der Waals surface area contributed by atoms with Crippen molar-refractivity contribution in [1.29, 1.82) is 0 Å². The summed E-state index contributed by atoms with van der Waals surface area (Å²) in [6.45, 7) is 0. The highest BCUT2D eigenvalue weighted by molar-refractivity contribution is 9.10. The number of urea groups is 1. The zero-order valence-electron chi connectivity index (χ0n) is 13.4. The molecule has 0 spiro atoms. The van der Waals surface area contributed by atoms with Crippen molar-refractivity contribution in [3.63, 3.8) is 0 Å². The summed E-state index contributed by atoms with van der Waals surface area (Å²) in [7, 11) is 3.32. The number of hydrogen-bond acceptors (Lipinski definition) is 2. The van der Waals surface area contributed by atoms with E-state index in [1.54, 1.807) is 38.4 Å². The van der Waals surface area contributed by atoms with Crippen LogP contribution in [0.2, 0.25) is 5.02 Å². The van der Waals surface area contributed by atoms with Crippen molar-refractivity contribution in [2.24, 2.45) is 0 Å². The van der Waals surface area contributed by atoms with Crippen molar-refractivity contribution in [2.75, 3.05) is 14.1 Å². The summed E-state index contributed by atoms with van der Waals surface area (Å²) in [5.74, 6) is -0.0595. The Hall–Kier alpha value is -1.85. The van der Waals surface area contributed by atoms with E-state index < -0.39 is 6.04 Å². The molecule has 2 aromatic carbocycles. The number of carbonyl (C=O) groups excluding carboxylic acids is 2. The van der Waals surface area contributed by atoms with Crippen LogP contribution in [-0.4, -0.2) is 30.8 Å². The molecule has 0 fully saturated rings. The number of rotatable bonds is 5. The Labute approximate surface area is 154 Å². The van der Waals surface area contributed by atoms with E-state index in [1.165, 1.54) is 4.90 Å². The van der Waals surface area contributed by atoms with Gasteiger partial charge in [0.05, 0.1) is 6.04 Å². The van der Waals surface area contributed by atoms with Crippen LogP contribution in [-0.2, 0) is 0 Å². The smallest absolute Gasteiger partial charge is 0.317 e. The molecule has 0 heterocycles. The number of benzene rings is 2. The number of Topliss-reactive ketones (excluding diaryl/α,β-unsaturated/α-hetero) is 1. The number of amides is 2. The van der Waals surface area contributed by atoms with E-state index >= 15 is 0 Å². The molecule has 0 saturated carbocycles. The van der Waals surface area contributed by atoms with Crippen molar-refractivity contribution >= 4 is 39.3 Å². The van der Waals surface area contributed by atoms with E-state index in [9.17, 15) is 9.59 Å². The third-order valence-electron chi connectivity index (χ3n) is 3.51. The Morgan fingerprint density at radius 2 is 1.83 bits per heavy atom. The molecule has 1 unspecified atom stereocenters. The lowest BCUT2D eigenvalue weighted by Gasteiger charge is -2.21. The molecule has 4 nitrogen and oxygen atoms in total. The van der Waals surface area contributed by atoms with Crippen molar-refractivity contribution in [1.82, 2.24) is 10.2 Å². The predicted octanol–water partition coefficient (Wildman–Crippen LogP) is 4.69. The summed E-state index contributed by atoms with van der Waals surface area (Å²) >= 11 is 9.28. The monoisotopic (exact) mass is 408 g/mol. The number of halogens is 2. The van der Waals surface area contributed by atoms with E-state index in [2.05, 4.69) is 21.2 Å². The second-order valence-corrected chi connectivity index (χ2v) is 6.94. The van der Waals surface area contributed by atoms with Gasteiger partial charge in [0.1, 0.15) is 0 Å². The molecule has 2 rings (SSSR count). The topological polar surface area (TPSA) is 49.4 Å². The fourth-order valence-electron chi connectivity index (χ4n) is 2.19. The van der Waals surface area contributed by atoms with Gasteiger partial charge in [0.25, 0.3) is 0 Å². The highest BCUT2D eigenvalue weighted by atomic mass is 79.9. The molecule has 6 heteroatoms. The number of hydrogen-bond donors (Lipinski definition) is 1. The minimum absolute atomic E-state index is 0.0595. The van der Waals surface area contributed by atoms with Crippen LogP contribution in [0.3, 0.4) is 0 Å². The lowest BCUT2D eigenvalue weighted by Crippen LogP contribution is -2.38. The molecule has 1 atom stereocenters. The average Bonchev–Trinajstić information content (AvgIpc) is 2.54. The summed E-state index contributed by atoms with van der Waals surface area (Å²) < 4.78 is 0.892. The molecule has 2 aromatic rings. The SMILES string of the molecule is CN(C)C(=O)NC(CC(=O)c1ccc(Cl)cc1)c1cccc(Br)c1. The molecule has 0 aliphatic heterocycles. The van der Waals surface area contributed by atoms with Gasteiger partial charge in [-0.2, -0.15) is 0 Å². The molecule has 126 valence electrons. The molecular formula is C18H18BrClN2O2. The summed E-state index contributed by atoms with van der Waals surface area (Å²) in [5.41, 5.74) is 1.43. The maximum absolute atomic E-state index is 12.6. The first-order chi connectivity index (χ1) is 11.4. The number of carbonyl (C=O) groups is 2. The van der Waals surface area contributed by atoms with E-state index in [0.29, 0.717) is 10.6 Å². The van der Waals surface area contributed by atoms with Gasteiger partial charge in [-0.25, -0.2) is 4.79 Å². The van der Waals surface area contributed by atoms with Gasteiger partial charge >= 0.3 is 6.03 Å². The minimum Gasteiger partial charge on any atom is -0.331 e. The maximum Gasteiger partial charge on any atom is 0.317 e. The highest BCUT2D eigenvalue weighted by Crippen LogP contribution is 2.23. The van der Waals surface area contributed by atoms with Gasteiger partial charge in [-0.3, -0.25) is 4.79 Å². The highest BCUT2D eigenvalue weighted by Gasteiger charge is 2.20. The molecule has 0 aromatic heterocycles. The van der Waals surface area contributed by atoms with Crippen LogP contribution in [0.15, 0.2) is 53.0 Å². The molecule has 0 aliphatic carbocycles. The van der Waals surface area contributed by atoms with Crippen molar-refractivity contribution in [3.8, 4) is 0 Å². The summed E-state index contributed by atoms with van der Waals surface area (Å²) in [6, 6.07) is 13.6. The van der Waals surface area contributed by atoms with E-state index in [0.717, 1.165) is 10.0 Å². The Balaban J connectivity index is 2.23. The van der Waals surface area contributed by atoms with Crippen molar-refractivity contribution in [2.45, 2.75) is 12.5 Å². The summed E-state index contributed by atoms with van der Waals surface area (Å²) in [6.07, 6.45) is 0.164. The van der Waals surface area contributed by atoms with Gasteiger partial charge in [0.2, 0.25) is 0 Å². The van der Waals surface area contributed by atoms with Gasteiger partial charge in [-0.15, -0.1) is 0 Å². The van der Waals surface area contributed by atoms with Gasteiger partial charge in [0.15, 0.2) is 5.78 Å². The first-order valence-corrected chi connectivity index (χ1v) is 8.56. The first kappa shape index (κ1) is 18.5. The summed E-state index contributed by atoms with van der Waals surface area (Å²) in [4.78, 5) is 26.0. The molecule has 24 heavy (non-hydrogen) atoms. The first-order valence-electron chi connectivity index (χ1n) is 7.39. The van der Waals surface area contributed by atoms with Crippen molar-refractivity contribution in [3.05, 3.63) is 69.2 Å². The third-order valence-corrected chi connectivity index (χ3v) is 4.26. The maximum atomic E-state index is 12.6. The van der Waals surface area contributed by atoms with Crippen LogP contribution < -0.4 is 5.32 Å². The largest absolute Gasteiger partial charge is 0.331 e. The second-order valence-electron chi connectivity index (χ2n) is 5.59. The molecule has 0 radical (unpaired) electrons. The zero-order chi connectivity index (χ0) is 17.7. The Kier molecular flexibility index (Phi) is 6.40. The second kappa shape index (κ2) is 8.31. The third kappa shape index (κ3) is 5.08. The van der Waals surface area contributed by atoms with Crippen LogP contribution in [0.4, 0.5) is 4.79 Å². The normalized spacial score (nSPS) is 11.7. The number of nitrogens with one attached hydrogen (secondary N) is 1. The zero-order valence-corrected chi connectivity index (χ0v) is 15.8. The lowest BCUT2D eigenvalue weighted by atomic mass is 9.98. The van der Waals surface area contributed by atoms with Gasteiger partial charge in [-0.05, 0) is 42.0 Å². The van der Waals surface area contributed by atoms with E-state index in [4.69, 9.17) is 11.6 Å². The Morgan fingerprint density at radius 3 is 2.42 bits per heavy atom. The van der Waals surface area contributed by atoms with Crippen molar-refractivity contribution < 1.29 is 9.59 Å². The molecule has 1 N–H and O–H groups in total. The Morgan fingerprint density at radius 1 is 1.17 bits per heavy atom. The lowest BCUT2D eigenvalue weighted by molar-refractivity contribution is 0.0969. The molecular weight excluding hydrogens is 392 g/mol. The molecule has 0 saturated heterocycles.